The molecule has 2 aliphatic carbocycles. The Morgan fingerprint density at radius 3 is 2.82 bits per heavy atom. The van der Waals surface area contributed by atoms with Crippen LogP contribution in [0.3, 0.4) is 0 Å². The second-order valence-corrected chi connectivity index (χ2v) is 5.96. The molecule has 1 fully saturated rings. The molecule has 0 aliphatic heterocycles. The van der Waals surface area contributed by atoms with Crippen molar-refractivity contribution in [3.05, 3.63) is 23.8 Å². The maximum atomic E-state index is 12.1. The van der Waals surface area contributed by atoms with E-state index < -0.39 is 5.60 Å². The van der Waals surface area contributed by atoms with E-state index in [2.05, 4.69) is 13.5 Å². The molecular formula is C15H22O2. The van der Waals surface area contributed by atoms with Crippen LogP contribution in [0.1, 0.15) is 40.0 Å². The molecule has 0 saturated heterocycles. The number of hydrogen-bond acceptors (Lipinski definition) is 2. The van der Waals surface area contributed by atoms with Gasteiger partial charge in [-0.2, -0.15) is 0 Å². The summed E-state index contributed by atoms with van der Waals surface area (Å²) >= 11 is 0. The predicted octanol–water partition coefficient (Wildman–Crippen LogP) is 2.88. The summed E-state index contributed by atoms with van der Waals surface area (Å²) < 4.78 is 0. The van der Waals surface area contributed by atoms with Gasteiger partial charge in [0.2, 0.25) is 0 Å². The van der Waals surface area contributed by atoms with Crippen molar-refractivity contribution in [2.45, 2.75) is 45.6 Å². The highest BCUT2D eigenvalue weighted by molar-refractivity contribution is 5.96. The zero-order valence-electron chi connectivity index (χ0n) is 11.0. The topological polar surface area (TPSA) is 37.3 Å². The zero-order chi connectivity index (χ0) is 12.8. The number of carbonyl (C=O) groups excluding carboxylic acids is 1. The lowest BCUT2D eigenvalue weighted by molar-refractivity contribution is -0.127. The number of carbonyl (C=O) groups is 1. The lowest BCUT2D eigenvalue weighted by Gasteiger charge is -2.48. The Bertz CT molecular complexity index is 394. The number of allylic oxidation sites excluding steroid dienone is 2. The molecule has 4 unspecified atom stereocenters. The molecule has 2 rings (SSSR count). The van der Waals surface area contributed by atoms with Crippen LogP contribution in [0.25, 0.3) is 0 Å². The minimum Gasteiger partial charge on any atom is -0.385 e. The fourth-order valence-electron chi connectivity index (χ4n) is 3.51. The van der Waals surface area contributed by atoms with Crippen LogP contribution in [0.4, 0.5) is 0 Å². The quantitative estimate of drug-likeness (QED) is 0.708. The Kier molecular flexibility index (Phi) is 3.03. The van der Waals surface area contributed by atoms with Crippen molar-refractivity contribution >= 4 is 5.78 Å². The van der Waals surface area contributed by atoms with E-state index in [1.165, 1.54) is 0 Å². The summed E-state index contributed by atoms with van der Waals surface area (Å²) in [6, 6.07) is 0. The number of fused-ring (bicyclic) bond motifs is 1. The Hall–Kier alpha value is -0.890. The Morgan fingerprint density at radius 2 is 2.24 bits per heavy atom. The van der Waals surface area contributed by atoms with Gasteiger partial charge in [-0.25, -0.2) is 0 Å². The van der Waals surface area contributed by atoms with Gasteiger partial charge in [-0.05, 0) is 50.7 Å². The highest BCUT2D eigenvalue weighted by atomic mass is 16.3. The summed E-state index contributed by atoms with van der Waals surface area (Å²) in [5.41, 5.74) is 0.956. The number of hydrogen-bond donors (Lipinski definition) is 1. The lowest BCUT2D eigenvalue weighted by atomic mass is 9.59. The molecule has 2 aliphatic rings. The molecule has 2 heteroatoms. The lowest BCUT2D eigenvalue weighted by Crippen LogP contribution is -2.51. The summed E-state index contributed by atoms with van der Waals surface area (Å²) in [6.45, 7) is 9.93. The fourth-order valence-corrected chi connectivity index (χ4v) is 3.51. The van der Waals surface area contributed by atoms with E-state index in [4.69, 9.17) is 0 Å². The molecule has 4 atom stereocenters. The maximum Gasteiger partial charge on any atom is 0.163 e. The van der Waals surface area contributed by atoms with Gasteiger partial charge < -0.3 is 5.11 Å². The van der Waals surface area contributed by atoms with Gasteiger partial charge in [0.05, 0.1) is 5.60 Å². The maximum absolute atomic E-state index is 12.1. The highest BCUT2D eigenvalue weighted by Crippen LogP contribution is 2.49. The highest BCUT2D eigenvalue weighted by Gasteiger charge is 2.50. The Labute approximate surface area is 103 Å². The van der Waals surface area contributed by atoms with Crippen LogP contribution in [-0.4, -0.2) is 16.5 Å². The van der Waals surface area contributed by atoms with Crippen molar-refractivity contribution in [1.29, 1.82) is 0 Å². The minimum atomic E-state index is -0.774. The van der Waals surface area contributed by atoms with E-state index in [0.717, 1.165) is 30.4 Å². The molecule has 0 bridgehead atoms. The second kappa shape index (κ2) is 4.09. The van der Waals surface area contributed by atoms with E-state index in [1.807, 2.05) is 13.8 Å². The summed E-state index contributed by atoms with van der Waals surface area (Å²) in [6.07, 6.45) is 4.37. The van der Waals surface area contributed by atoms with Crippen LogP contribution >= 0.6 is 0 Å². The third-order valence-electron chi connectivity index (χ3n) is 4.57. The molecule has 1 N–H and O–H groups in total. The molecule has 1 saturated carbocycles. The molecular weight excluding hydrogens is 212 g/mol. The first-order valence-corrected chi connectivity index (χ1v) is 6.46. The van der Waals surface area contributed by atoms with E-state index >= 15 is 0 Å². The van der Waals surface area contributed by atoms with Crippen LogP contribution < -0.4 is 0 Å². The molecule has 0 aromatic heterocycles. The first-order chi connectivity index (χ1) is 7.86. The van der Waals surface area contributed by atoms with Gasteiger partial charge >= 0.3 is 0 Å². The number of aliphatic hydroxyl groups is 1. The summed E-state index contributed by atoms with van der Waals surface area (Å²) in [7, 11) is 0. The number of rotatable bonds is 1. The third kappa shape index (κ3) is 1.89. The van der Waals surface area contributed by atoms with Gasteiger partial charge in [0.25, 0.3) is 0 Å². The van der Waals surface area contributed by atoms with Gasteiger partial charge in [0, 0.05) is 11.8 Å². The molecule has 94 valence electrons. The minimum absolute atomic E-state index is 0.0289. The SMILES string of the molecule is C=C(C)C1C(=O)C=C(C)C2(O)CCC(C)CC12. The van der Waals surface area contributed by atoms with E-state index in [0.29, 0.717) is 5.92 Å². The van der Waals surface area contributed by atoms with Crippen molar-refractivity contribution in [3.8, 4) is 0 Å². The molecule has 0 radical (unpaired) electrons. The van der Waals surface area contributed by atoms with Crippen LogP contribution in [0.2, 0.25) is 0 Å². The van der Waals surface area contributed by atoms with Crippen molar-refractivity contribution in [3.63, 3.8) is 0 Å². The fraction of sp³-hybridized carbons (Fsp3) is 0.667. The summed E-state index contributed by atoms with van der Waals surface area (Å²) in [4.78, 5) is 12.1. The van der Waals surface area contributed by atoms with Gasteiger partial charge in [-0.1, -0.05) is 19.1 Å². The smallest absolute Gasteiger partial charge is 0.163 e. The van der Waals surface area contributed by atoms with E-state index in [9.17, 15) is 9.90 Å². The van der Waals surface area contributed by atoms with E-state index in [1.54, 1.807) is 6.08 Å². The zero-order valence-corrected chi connectivity index (χ0v) is 11.0. The molecule has 0 heterocycles. The number of ketones is 1. The van der Waals surface area contributed by atoms with Crippen LogP contribution in [0.15, 0.2) is 23.8 Å². The molecule has 0 aromatic rings. The molecule has 2 nitrogen and oxygen atoms in total. The van der Waals surface area contributed by atoms with Crippen molar-refractivity contribution in [2.24, 2.45) is 17.8 Å². The molecule has 17 heavy (non-hydrogen) atoms. The average Bonchev–Trinajstić information content (AvgIpc) is 2.21. The van der Waals surface area contributed by atoms with Gasteiger partial charge in [0.15, 0.2) is 5.78 Å². The van der Waals surface area contributed by atoms with Gasteiger partial charge in [0.1, 0.15) is 0 Å². The first kappa shape index (κ1) is 12.6. The van der Waals surface area contributed by atoms with Crippen molar-refractivity contribution < 1.29 is 9.90 Å². The van der Waals surface area contributed by atoms with Crippen LogP contribution in [0, 0.1) is 17.8 Å². The first-order valence-electron chi connectivity index (χ1n) is 6.46. The monoisotopic (exact) mass is 234 g/mol. The van der Waals surface area contributed by atoms with E-state index in [-0.39, 0.29) is 17.6 Å². The third-order valence-corrected chi connectivity index (χ3v) is 4.57. The summed E-state index contributed by atoms with van der Waals surface area (Å²) in [5.74, 6) is 0.548. The van der Waals surface area contributed by atoms with Crippen molar-refractivity contribution in [1.82, 2.24) is 0 Å². The van der Waals surface area contributed by atoms with Gasteiger partial charge in [-0.15, -0.1) is 0 Å². The molecule has 0 aromatic carbocycles. The summed E-state index contributed by atoms with van der Waals surface area (Å²) in [5, 5.41) is 10.9. The Balaban J connectivity index is 2.45. The molecule has 0 spiro atoms. The normalized spacial score (nSPS) is 41.8. The van der Waals surface area contributed by atoms with Crippen molar-refractivity contribution in [2.75, 3.05) is 0 Å². The molecule has 0 amide bonds. The van der Waals surface area contributed by atoms with Crippen LogP contribution in [-0.2, 0) is 4.79 Å². The van der Waals surface area contributed by atoms with Crippen LogP contribution in [0.5, 0.6) is 0 Å². The predicted molar refractivity (Wildman–Crippen MR) is 68.5 cm³/mol. The second-order valence-electron chi connectivity index (χ2n) is 5.96. The average molecular weight is 234 g/mol. The Morgan fingerprint density at radius 1 is 1.59 bits per heavy atom. The van der Waals surface area contributed by atoms with Gasteiger partial charge in [-0.3, -0.25) is 4.79 Å². The standard InChI is InChI=1S/C15H22O2/c1-9(2)14-12-7-10(3)5-6-15(12,17)11(4)8-13(14)16/h8,10,12,14,17H,1,5-7H2,2-4H3. The largest absolute Gasteiger partial charge is 0.385 e.